The van der Waals surface area contributed by atoms with E-state index in [9.17, 15) is 8.42 Å². The second-order valence-corrected chi connectivity index (χ2v) is 11.3. The fraction of sp³-hybridized carbons (Fsp3) is 0.208. The van der Waals surface area contributed by atoms with Gasteiger partial charge in [-0.2, -0.15) is 8.42 Å². The Morgan fingerprint density at radius 1 is 1.17 bits per heavy atom. The second-order valence-electron chi connectivity index (χ2n) is 7.82. The van der Waals surface area contributed by atoms with E-state index in [1.165, 1.54) is 15.3 Å². The zero-order chi connectivity index (χ0) is 26.5. The lowest BCUT2D eigenvalue weighted by atomic mass is 10.0. The van der Waals surface area contributed by atoms with E-state index < -0.39 is 10.0 Å². The molecule has 12 heteroatoms. The number of halogens is 1. The maximum Gasteiger partial charge on any atom is 0.290 e. The number of carbonyl (C=O) groups is 2. The van der Waals surface area contributed by atoms with Crippen LogP contribution in [0.2, 0.25) is 5.02 Å². The molecule has 0 aliphatic carbocycles. The van der Waals surface area contributed by atoms with Crippen LogP contribution >= 0.6 is 22.9 Å². The van der Waals surface area contributed by atoms with Crippen molar-refractivity contribution >= 4 is 72.6 Å². The molecule has 9 nitrogen and oxygen atoms in total. The maximum absolute atomic E-state index is 13.8. The number of carboxylic acid groups (broad SMARTS) is 2. The van der Waals surface area contributed by atoms with Gasteiger partial charge < -0.3 is 15.1 Å². The molecule has 2 N–H and O–H groups in total. The van der Waals surface area contributed by atoms with Gasteiger partial charge in [0.05, 0.1) is 11.0 Å². The zero-order valence-electron chi connectivity index (χ0n) is 19.5. The van der Waals surface area contributed by atoms with E-state index in [4.69, 9.17) is 31.4 Å². The Labute approximate surface area is 216 Å². The summed E-state index contributed by atoms with van der Waals surface area (Å²) in [6.07, 6.45) is 6.48. The Balaban J connectivity index is 0.000000550. The number of nitrogens with zero attached hydrogens (tertiary/aromatic N) is 3. The normalized spacial score (nSPS) is 13.8. The fourth-order valence-corrected chi connectivity index (χ4v) is 7.34. The van der Waals surface area contributed by atoms with E-state index in [0.717, 1.165) is 51.8 Å². The maximum atomic E-state index is 13.8. The van der Waals surface area contributed by atoms with Crippen LogP contribution in [0.5, 0.6) is 0 Å². The van der Waals surface area contributed by atoms with Gasteiger partial charge in [0.25, 0.3) is 23.0 Å². The number of fused-ring (bicyclic) bond motifs is 2. The van der Waals surface area contributed by atoms with E-state index in [2.05, 4.69) is 23.0 Å². The van der Waals surface area contributed by atoms with Crippen molar-refractivity contribution in [3.8, 4) is 0 Å². The lowest BCUT2D eigenvalue weighted by Gasteiger charge is -2.21. The first-order valence-electron chi connectivity index (χ1n) is 10.6. The van der Waals surface area contributed by atoms with Crippen LogP contribution in [0.15, 0.2) is 53.0 Å². The predicted octanol–water partition coefficient (Wildman–Crippen LogP) is 4.57. The quantitative estimate of drug-likeness (QED) is 0.355. The van der Waals surface area contributed by atoms with Gasteiger partial charge in [-0.05, 0) is 67.2 Å². The molecule has 1 aliphatic rings. The monoisotopic (exact) mass is 549 g/mol. The van der Waals surface area contributed by atoms with Crippen molar-refractivity contribution in [2.45, 2.75) is 17.6 Å². The third-order valence-corrected chi connectivity index (χ3v) is 9.41. The zero-order valence-corrected chi connectivity index (χ0v) is 21.8. The van der Waals surface area contributed by atoms with Gasteiger partial charge in [-0.3, -0.25) is 14.6 Å². The van der Waals surface area contributed by atoms with Gasteiger partial charge >= 0.3 is 0 Å². The molecule has 3 aromatic heterocycles. The van der Waals surface area contributed by atoms with Crippen LogP contribution in [-0.4, -0.2) is 65.6 Å². The van der Waals surface area contributed by atoms with Gasteiger partial charge in [0.2, 0.25) is 0 Å². The number of benzene rings is 1. The average Bonchev–Trinajstić information content (AvgIpc) is 3.40. The van der Waals surface area contributed by atoms with Crippen molar-refractivity contribution in [3.05, 3.63) is 65.0 Å². The SMILES string of the molecule is Cc1c(S(=O)(=O)n2cc(C3=CCN(C)CC3)c3ncccc32)sc2ccc(Cl)cc12.O=CO.O=CO. The highest BCUT2D eigenvalue weighted by atomic mass is 35.5. The first-order chi connectivity index (χ1) is 17.2. The Kier molecular flexibility index (Phi) is 8.85. The number of rotatable bonds is 3. The van der Waals surface area contributed by atoms with Crippen molar-refractivity contribution in [3.63, 3.8) is 0 Å². The summed E-state index contributed by atoms with van der Waals surface area (Å²) in [5.74, 6) is 0. The van der Waals surface area contributed by atoms with Crippen LogP contribution in [-0.2, 0) is 19.6 Å². The summed E-state index contributed by atoms with van der Waals surface area (Å²) in [6.45, 7) is 3.12. The van der Waals surface area contributed by atoms with Crippen molar-refractivity contribution < 1.29 is 28.2 Å². The second kappa shape index (κ2) is 11.7. The first kappa shape index (κ1) is 27.3. The highest BCUT2D eigenvalue weighted by molar-refractivity contribution is 7.92. The summed E-state index contributed by atoms with van der Waals surface area (Å²) in [4.78, 5) is 23.5. The minimum Gasteiger partial charge on any atom is -0.483 e. The third-order valence-electron chi connectivity index (χ3n) is 5.63. The standard InChI is InChI=1S/C22H20ClN3O2S2.2CH2O2/c1-14-17-12-16(23)5-6-20(17)29-22(14)30(27,28)26-13-18(15-7-10-25(2)11-8-15)21-19(26)4-3-9-24-21;2*2-1-3/h3-7,9,12-13H,8,10-11H2,1-2H3;2*1H,(H,2,3). The van der Waals surface area contributed by atoms with Gasteiger partial charge in [-0.1, -0.05) is 17.7 Å². The number of hydrogen-bond acceptors (Lipinski definition) is 7. The molecule has 0 saturated heterocycles. The van der Waals surface area contributed by atoms with E-state index in [-0.39, 0.29) is 12.9 Å². The Hall–Kier alpha value is -3.25. The molecule has 0 unspecified atom stereocenters. The molecule has 36 heavy (non-hydrogen) atoms. The summed E-state index contributed by atoms with van der Waals surface area (Å²) in [5.41, 5.74) is 4.08. The third kappa shape index (κ3) is 5.44. The molecule has 4 aromatic rings. The van der Waals surface area contributed by atoms with Gasteiger partial charge in [-0.25, -0.2) is 3.97 Å². The average molecular weight is 550 g/mol. The molecule has 0 spiro atoms. The molecule has 0 atom stereocenters. The summed E-state index contributed by atoms with van der Waals surface area (Å²) < 4.78 is 30.1. The number of likely N-dealkylation sites (N-methyl/N-ethyl adjacent to an activating group) is 1. The Morgan fingerprint density at radius 3 is 2.50 bits per heavy atom. The van der Waals surface area contributed by atoms with E-state index in [1.807, 2.05) is 25.1 Å². The molecule has 4 heterocycles. The largest absolute Gasteiger partial charge is 0.483 e. The Bertz CT molecular complexity index is 1540. The van der Waals surface area contributed by atoms with Crippen LogP contribution in [0, 0.1) is 6.92 Å². The molecule has 0 saturated carbocycles. The van der Waals surface area contributed by atoms with Crippen LogP contribution in [0.3, 0.4) is 0 Å². The molecule has 0 amide bonds. The van der Waals surface area contributed by atoms with Crippen LogP contribution < -0.4 is 0 Å². The predicted molar refractivity (Wildman–Crippen MR) is 141 cm³/mol. The summed E-state index contributed by atoms with van der Waals surface area (Å²) in [7, 11) is -1.71. The number of pyridine rings is 1. The summed E-state index contributed by atoms with van der Waals surface area (Å²) >= 11 is 7.42. The molecule has 1 aromatic carbocycles. The highest BCUT2D eigenvalue weighted by Crippen LogP contribution is 2.38. The highest BCUT2D eigenvalue weighted by Gasteiger charge is 2.27. The number of aryl methyl sites for hydroxylation is 1. The number of hydrogen-bond donors (Lipinski definition) is 2. The minimum atomic E-state index is -3.79. The lowest BCUT2D eigenvalue weighted by molar-refractivity contribution is -0.123. The van der Waals surface area contributed by atoms with Crippen LogP contribution in [0.1, 0.15) is 17.5 Å². The smallest absolute Gasteiger partial charge is 0.290 e. The fourth-order valence-electron chi connectivity index (χ4n) is 3.99. The minimum absolute atomic E-state index is 0.250. The molecular weight excluding hydrogens is 526 g/mol. The van der Waals surface area contributed by atoms with Gasteiger partial charge in [0.1, 0.15) is 4.21 Å². The number of thiophene rings is 1. The van der Waals surface area contributed by atoms with E-state index in [1.54, 1.807) is 24.5 Å². The molecule has 1 aliphatic heterocycles. The molecule has 5 rings (SSSR count). The van der Waals surface area contributed by atoms with Crippen molar-refractivity contribution in [2.24, 2.45) is 0 Å². The van der Waals surface area contributed by atoms with Gasteiger partial charge in [-0.15, -0.1) is 11.3 Å². The molecule has 0 fully saturated rings. The molecule has 0 radical (unpaired) electrons. The van der Waals surface area contributed by atoms with Crippen LogP contribution in [0.25, 0.3) is 26.7 Å². The lowest BCUT2D eigenvalue weighted by Crippen LogP contribution is -2.23. The van der Waals surface area contributed by atoms with Crippen molar-refractivity contribution in [1.82, 2.24) is 13.9 Å². The first-order valence-corrected chi connectivity index (χ1v) is 13.3. The summed E-state index contributed by atoms with van der Waals surface area (Å²) in [6, 6.07) is 9.08. The molecular formula is C24H24ClN3O6S2. The van der Waals surface area contributed by atoms with Gasteiger partial charge in [0, 0.05) is 40.8 Å². The van der Waals surface area contributed by atoms with E-state index >= 15 is 0 Å². The molecule has 0 bridgehead atoms. The van der Waals surface area contributed by atoms with E-state index in [0.29, 0.717) is 14.7 Å². The Morgan fingerprint density at radius 2 is 1.86 bits per heavy atom. The summed E-state index contributed by atoms with van der Waals surface area (Å²) in [5, 5.41) is 15.2. The number of aromatic nitrogens is 2. The van der Waals surface area contributed by atoms with Crippen molar-refractivity contribution in [1.29, 1.82) is 0 Å². The van der Waals surface area contributed by atoms with Gasteiger partial charge in [0.15, 0.2) is 0 Å². The van der Waals surface area contributed by atoms with Crippen molar-refractivity contribution in [2.75, 3.05) is 20.1 Å². The topological polar surface area (TPSA) is 130 Å². The molecule has 190 valence electrons. The van der Waals surface area contributed by atoms with Crippen LogP contribution in [0.4, 0.5) is 0 Å².